The van der Waals surface area contributed by atoms with Crippen molar-refractivity contribution in [2.45, 2.75) is 12.8 Å². The number of hydrogen-bond donors (Lipinski definition) is 2. The maximum atomic E-state index is 7.46. The number of aryl methyl sites for hydroxylation is 1. The fourth-order valence-corrected chi connectivity index (χ4v) is 2.37. The van der Waals surface area contributed by atoms with Gasteiger partial charge < -0.3 is 10.6 Å². The van der Waals surface area contributed by atoms with Gasteiger partial charge in [-0.05, 0) is 30.5 Å². The summed E-state index contributed by atoms with van der Waals surface area (Å²) in [5.74, 6) is 0.578. The number of nitrogens with two attached hydrogens (primary N) is 1. The van der Waals surface area contributed by atoms with Crippen molar-refractivity contribution in [1.82, 2.24) is 9.97 Å². The number of nitrogens with one attached hydrogen (secondary N) is 1. The minimum Gasteiger partial charge on any atom is -0.382 e. The first-order valence-corrected chi connectivity index (χ1v) is 6.28. The average Bonchev–Trinajstić information content (AvgIpc) is 2.47. The van der Waals surface area contributed by atoms with E-state index in [1.165, 1.54) is 5.56 Å². The van der Waals surface area contributed by atoms with Crippen LogP contribution in [0, 0.1) is 5.41 Å². The molecule has 0 radical (unpaired) electrons. The van der Waals surface area contributed by atoms with Crippen LogP contribution in [0.4, 0.5) is 11.6 Å². The maximum Gasteiger partial charge on any atom is 0.230 e. The Morgan fingerprint density at radius 1 is 1.26 bits per heavy atom. The van der Waals surface area contributed by atoms with Crippen molar-refractivity contribution in [2.24, 2.45) is 5.73 Å². The van der Waals surface area contributed by atoms with E-state index in [0.29, 0.717) is 11.6 Å². The van der Waals surface area contributed by atoms with Gasteiger partial charge in [-0.25, -0.2) is 9.97 Å². The summed E-state index contributed by atoms with van der Waals surface area (Å²) in [4.78, 5) is 10.8. The number of aromatic nitrogens is 2. The third-order valence-electron chi connectivity index (χ3n) is 3.27. The Balaban J connectivity index is 2.04. The van der Waals surface area contributed by atoms with Gasteiger partial charge in [0.1, 0.15) is 11.5 Å². The topological polar surface area (TPSA) is 78.9 Å². The Bertz CT molecular complexity index is 623. The SMILES string of the molecule is N=C(N)c1ccnc(N2CCCc3ccccc32)n1. The lowest BCUT2D eigenvalue weighted by Crippen LogP contribution is -2.27. The number of rotatable bonds is 2. The molecule has 0 saturated carbocycles. The molecule has 1 aromatic heterocycles. The fraction of sp³-hybridized carbons (Fsp3) is 0.214. The lowest BCUT2D eigenvalue weighted by atomic mass is 10.0. The summed E-state index contributed by atoms with van der Waals surface area (Å²) in [5.41, 5.74) is 8.41. The quantitative estimate of drug-likeness (QED) is 0.632. The second kappa shape index (κ2) is 4.68. The van der Waals surface area contributed by atoms with Crippen molar-refractivity contribution in [2.75, 3.05) is 11.4 Å². The van der Waals surface area contributed by atoms with E-state index in [2.05, 4.69) is 33.1 Å². The number of benzene rings is 1. The number of para-hydroxylation sites is 1. The summed E-state index contributed by atoms with van der Waals surface area (Å²) in [6.45, 7) is 0.887. The third-order valence-corrected chi connectivity index (χ3v) is 3.27. The van der Waals surface area contributed by atoms with E-state index in [1.54, 1.807) is 12.3 Å². The van der Waals surface area contributed by atoms with E-state index in [-0.39, 0.29) is 5.84 Å². The Morgan fingerprint density at radius 2 is 2.11 bits per heavy atom. The monoisotopic (exact) mass is 253 g/mol. The first kappa shape index (κ1) is 11.6. The molecular formula is C14H15N5. The summed E-state index contributed by atoms with van der Waals surface area (Å²) >= 11 is 0. The van der Waals surface area contributed by atoms with Gasteiger partial charge in [0.05, 0.1) is 0 Å². The third kappa shape index (κ3) is 2.14. The van der Waals surface area contributed by atoms with E-state index in [0.717, 1.165) is 25.1 Å². The van der Waals surface area contributed by atoms with Crippen LogP contribution in [-0.2, 0) is 6.42 Å². The molecule has 5 heteroatoms. The largest absolute Gasteiger partial charge is 0.382 e. The van der Waals surface area contributed by atoms with Crippen LogP contribution >= 0.6 is 0 Å². The minimum atomic E-state index is -0.0334. The van der Waals surface area contributed by atoms with Crippen LogP contribution in [0.1, 0.15) is 17.7 Å². The van der Waals surface area contributed by atoms with Crippen molar-refractivity contribution >= 4 is 17.5 Å². The molecule has 0 spiro atoms. The molecule has 1 aliphatic heterocycles. The van der Waals surface area contributed by atoms with Gasteiger partial charge in [0, 0.05) is 18.4 Å². The lowest BCUT2D eigenvalue weighted by Gasteiger charge is -2.29. The standard InChI is InChI=1S/C14H15N5/c15-13(16)11-7-8-17-14(18-11)19-9-3-5-10-4-1-2-6-12(10)19/h1-2,4,6-8H,3,5,9H2,(H3,15,16). The van der Waals surface area contributed by atoms with E-state index in [1.807, 2.05) is 6.07 Å². The molecule has 0 unspecified atom stereocenters. The molecule has 3 rings (SSSR count). The highest BCUT2D eigenvalue weighted by atomic mass is 15.3. The molecule has 0 saturated heterocycles. The van der Waals surface area contributed by atoms with Gasteiger partial charge in [-0.15, -0.1) is 0 Å². The van der Waals surface area contributed by atoms with Crippen LogP contribution in [0.2, 0.25) is 0 Å². The molecule has 3 N–H and O–H groups in total. The van der Waals surface area contributed by atoms with Gasteiger partial charge in [0.2, 0.25) is 5.95 Å². The highest BCUT2D eigenvalue weighted by Crippen LogP contribution is 2.30. The highest BCUT2D eigenvalue weighted by molar-refractivity contribution is 5.93. The van der Waals surface area contributed by atoms with Crippen molar-refractivity contribution in [3.05, 3.63) is 47.8 Å². The van der Waals surface area contributed by atoms with E-state index < -0.39 is 0 Å². The van der Waals surface area contributed by atoms with Crippen LogP contribution in [-0.4, -0.2) is 22.3 Å². The van der Waals surface area contributed by atoms with Crippen LogP contribution in [0.25, 0.3) is 0 Å². The molecule has 2 aromatic rings. The minimum absolute atomic E-state index is 0.0334. The summed E-state index contributed by atoms with van der Waals surface area (Å²) < 4.78 is 0. The van der Waals surface area contributed by atoms with Crippen LogP contribution < -0.4 is 10.6 Å². The van der Waals surface area contributed by atoms with Crippen molar-refractivity contribution in [3.8, 4) is 0 Å². The van der Waals surface area contributed by atoms with Crippen molar-refractivity contribution in [1.29, 1.82) is 5.41 Å². The maximum absolute atomic E-state index is 7.46. The van der Waals surface area contributed by atoms with Gasteiger partial charge in [-0.3, -0.25) is 5.41 Å². The number of amidine groups is 1. The van der Waals surface area contributed by atoms with Crippen LogP contribution in [0.5, 0.6) is 0 Å². The summed E-state index contributed by atoms with van der Waals surface area (Å²) in [6.07, 6.45) is 3.81. The normalized spacial score (nSPS) is 14.0. The lowest BCUT2D eigenvalue weighted by molar-refractivity contribution is 0.750. The Morgan fingerprint density at radius 3 is 2.95 bits per heavy atom. The van der Waals surface area contributed by atoms with E-state index in [4.69, 9.17) is 11.1 Å². The van der Waals surface area contributed by atoms with Crippen molar-refractivity contribution < 1.29 is 0 Å². The first-order valence-electron chi connectivity index (χ1n) is 6.28. The number of nitrogens with zero attached hydrogens (tertiary/aromatic N) is 3. The Labute approximate surface area is 111 Å². The predicted molar refractivity (Wildman–Crippen MR) is 74.8 cm³/mol. The average molecular weight is 253 g/mol. The zero-order valence-corrected chi connectivity index (χ0v) is 10.5. The number of nitrogen functional groups attached to an aromatic ring is 1. The molecule has 5 nitrogen and oxygen atoms in total. The zero-order chi connectivity index (χ0) is 13.2. The molecule has 0 bridgehead atoms. The smallest absolute Gasteiger partial charge is 0.230 e. The molecule has 2 heterocycles. The predicted octanol–water partition coefficient (Wildman–Crippen LogP) is 1.84. The fourth-order valence-electron chi connectivity index (χ4n) is 2.37. The van der Waals surface area contributed by atoms with E-state index >= 15 is 0 Å². The van der Waals surface area contributed by atoms with Crippen LogP contribution in [0.3, 0.4) is 0 Å². The molecular weight excluding hydrogens is 238 g/mol. The van der Waals surface area contributed by atoms with Gasteiger partial charge in [-0.1, -0.05) is 18.2 Å². The summed E-state index contributed by atoms with van der Waals surface area (Å²) in [6, 6.07) is 9.94. The molecule has 0 fully saturated rings. The molecule has 0 atom stereocenters. The molecule has 96 valence electrons. The van der Waals surface area contributed by atoms with Gasteiger partial charge >= 0.3 is 0 Å². The molecule has 1 aliphatic rings. The molecule has 1 aromatic carbocycles. The molecule has 19 heavy (non-hydrogen) atoms. The number of anilines is 2. The Hall–Kier alpha value is -2.43. The first-order chi connectivity index (χ1) is 9.25. The second-order valence-electron chi connectivity index (χ2n) is 4.54. The van der Waals surface area contributed by atoms with Gasteiger partial charge in [0.25, 0.3) is 0 Å². The number of hydrogen-bond acceptors (Lipinski definition) is 4. The number of fused-ring (bicyclic) bond motifs is 1. The highest BCUT2D eigenvalue weighted by Gasteiger charge is 2.19. The van der Waals surface area contributed by atoms with Gasteiger partial charge in [-0.2, -0.15) is 0 Å². The zero-order valence-electron chi connectivity index (χ0n) is 10.5. The second-order valence-corrected chi connectivity index (χ2v) is 4.54. The molecule has 0 aliphatic carbocycles. The van der Waals surface area contributed by atoms with Crippen molar-refractivity contribution in [3.63, 3.8) is 0 Å². The van der Waals surface area contributed by atoms with Crippen LogP contribution in [0.15, 0.2) is 36.5 Å². The molecule has 0 amide bonds. The van der Waals surface area contributed by atoms with E-state index in [9.17, 15) is 0 Å². The summed E-state index contributed by atoms with van der Waals surface area (Å²) in [5, 5.41) is 7.46. The Kier molecular flexibility index (Phi) is 2.87. The van der Waals surface area contributed by atoms with Gasteiger partial charge in [0.15, 0.2) is 0 Å². The summed E-state index contributed by atoms with van der Waals surface area (Å²) in [7, 11) is 0.